The van der Waals surface area contributed by atoms with Crippen LogP contribution in [0.2, 0.25) is 0 Å². The Balaban J connectivity index is 0.842. The highest BCUT2D eigenvalue weighted by molar-refractivity contribution is 5.91. The van der Waals surface area contributed by atoms with Gasteiger partial charge >= 0.3 is 11.9 Å². The Labute approximate surface area is 278 Å². The molecule has 4 aromatic carbocycles. The Hall–Kier alpha value is -5.32. The summed E-state index contributed by atoms with van der Waals surface area (Å²) in [5, 5.41) is 0. The predicted octanol–water partition coefficient (Wildman–Crippen LogP) is 6.54. The van der Waals surface area contributed by atoms with Crippen molar-refractivity contribution in [2.45, 2.75) is 25.0 Å². The van der Waals surface area contributed by atoms with E-state index in [1.165, 1.54) is 0 Å². The molecule has 10 heteroatoms. The SMILES string of the molecule is O=C(OCCCCOC(=O)c1ccc(N=Cc2ccc(OCC3CO3)cc2)cc1)c1ccc(N=Cc2ccc(OCC3CO3)cc2)cc1. The van der Waals surface area contributed by atoms with Crippen LogP contribution in [-0.4, -0.2) is 76.2 Å². The average Bonchev–Trinajstić information content (AvgIpc) is 4.07. The first-order valence-corrected chi connectivity index (χ1v) is 15.9. The molecule has 2 saturated heterocycles. The Bertz CT molecular complexity index is 1570. The Kier molecular flexibility index (Phi) is 11.2. The quantitative estimate of drug-likeness (QED) is 0.0548. The van der Waals surface area contributed by atoms with Crippen molar-refractivity contribution in [2.24, 2.45) is 9.98 Å². The van der Waals surface area contributed by atoms with Gasteiger partial charge in [0.1, 0.15) is 36.9 Å². The summed E-state index contributed by atoms with van der Waals surface area (Å²) in [5.41, 5.74) is 4.18. The van der Waals surface area contributed by atoms with Gasteiger partial charge in [-0.3, -0.25) is 9.98 Å². The third kappa shape index (κ3) is 10.6. The van der Waals surface area contributed by atoms with Crippen LogP contribution in [0.4, 0.5) is 11.4 Å². The van der Waals surface area contributed by atoms with Gasteiger partial charge in [0.05, 0.1) is 48.9 Å². The first-order chi connectivity index (χ1) is 23.6. The second kappa shape index (κ2) is 16.5. The van der Waals surface area contributed by atoms with E-state index in [4.69, 9.17) is 28.4 Å². The fraction of sp³-hybridized carbons (Fsp3) is 0.263. The zero-order valence-corrected chi connectivity index (χ0v) is 26.4. The van der Waals surface area contributed by atoms with Gasteiger partial charge in [0.2, 0.25) is 0 Å². The van der Waals surface area contributed by atoms with E-state index in [0.29, 0.717) is 48.6 Å². The van der Waals surface area contributed by atoms with Gasteiger partial charge in [-0.2, -0.15) is 0 Å². The third-order valence-corrected chi connectivity index (χ3v) is 7.37. The summed E-state index contributed by atoms with van der Waals surface area (Å²) in [6.45, 7) is 3.11. The fourth-order valence-electron chi connectivity index (χ4n) is 4.37. The summed E-state index contributed by atoms with van der Waals surface area (Å²) in [5.74, 6) is 0.756. The maximum Gasteiger partial charge on any atom is 0.338 e. The number of ether oxygens (including phenoxy) is 6. The first kappa shape index (κ1) is 32.6. The molecule has 48 heavy (non-hydrogen) atoms. The Morgan fingerprint density at radius 2 is 0.958 bits per heavy atom. The highest BCUT2D eigenvalue weighted by Gasteiger charge is 2.23. The van der Waals surface area contributed by atoms with Crippen LogP contribution in [0.1, 0.15) is 44.7 Å². The number of epoxide rings is 2. The van der Waals surface area contributed by atoms with E-state index in [-0.39, 0.29) is 25.4 Å². The van der Waals surface area contributed by atoms with Crippen molar-refractivity contribution in [1.82, 2.24) is 0 Å². The molecule has 0 amide bonds. The van der Waals surface area contributed by atoms with Crippen LogP contribution in [0, 0.1) is 0 Å². The lowest BCUT2D eigenvalue weighted by molar-refractivity contribution is 0.0432. The summed E-state index contributed by atoms with van der Waals surface area (Å²) in [7, 11) is 0. The number of hydrogen-bond donors (Lipinski definition) is 0. The van der Waals surface area contributed by atoms with Gasteiger partial charge < -0.3 is 28.4 Å². The van der Waals surface area contributed by atoms with Crippen LogP contribution < -0.4 is 9.47 Å². The molecule has 0 N–H and O–H groups in total. The number of hydrogen-bond acceptors (Lipinski definition) is 10. The molecule has 0 bridgehead atoms. The van der Waals surface area contributed by atoms with Crippen molar-refractivity contribution in [3.8, 4) is 11.5 Å². The van der Waals surface area contributed by atoms with Crippen molar-refractivity contribution in [2.75, 3.05) is 39.6 Å². The second-order valence-electron chi connectivity index (χ2n) is 11.3. The lowest BCUT2D eigenvalue weighted by Crippen LogP contribution is -2.09. The number of carbonyl (C=O) groups is 2. The van der Waals surface area contributed by atoms with E-state index in [1.54, 1.807) is 61.0 Å². The van der Waals surface area contributed by atoms with Gasteiger partial charge in [-0.25, -0.2) is 9.59 Å². The molecular formula is C38H36N2O8. The van der Waals surface area contributed by atoms with Gasteiger partial charge in [0.25, 0.3) is 0 Å². The lowest BCUT2D eigenvalue weighted by atomic mass is 10.2. The molecule has 2 atom stereocenters. The number of carbonyl (C=O) groups excluding carboxylic acids is 2. The van der Waals surface area contributed by atoms with E-state index >= 15 is 0 Å². The number of benzene rings is 4. The molecule has 0 spiro atoms. The third-order valence-electron chi connectivity index (χ3n) is 7.37. The molecule has 2 unspecified atom stereocenters. The van der Waals surface area contributed by atoms with Crippen LogP contribution in [0.25, 0.3) is 0 Å². The van der Waals surface area contributed by atoms with E-state index in [0.717, 1.165) is 35.8 Å². The number of aliphatic imine (C=N–C) groups is 2. The van der Waals surface area contributed by atoms with Gasteiger partial charge in [-0.05, 0) is 121 Å². The molecule has 2 aliphatic rings. The van der Waals surface area contributed by atoms with Crippen LogP contribution >= 0.6 is 0 Å². The zero-order chi connectivity index (χ0) is 33.0. The first-order valence-electron chi connectivity index (χ1n) is 15.9. The predicted molar refractivity (Wildman–Crippen MR) is 181 cm³/mol. The van der Waals surface area contributed by atoms with Gasteiger partial charge in [0.15, 0.2) is 0 Å². The molecule has 0 aromatic heterocycles. The van der Waals surface area contributed by atoms with Crippen molar-refractivity contribution in [3.05, 3.63) is 119 Å². The van der Waals surface area contributed by atoms with E-state index < -0.39 is 11.9 Å². The van der Waals surface area contributed by atoms with E-state index in [9.17, 15) is 9.59 Å². The minimum atomic E-state index is -0.414. The maximum atomic E-state index is 12.4. The van der Waals surface area contributed by atoms with Gasteiger partial charge in [-0.15, -0.1) is 0 Å². The van der Waals surface area contributed by atoms with Crippen LogP contribution in [0.3, 0.4) is 0 Å². The largest absolute Gasteiger partial charge is 0.491 e. The van der Waals surface area contributed by atoms with Crippen molar-refractivity contribution < 1.29 is 38.0 Å². The van der Waals surface area contributed by atoms with E-state index in [1.807, 2.05) is 48.5 Å². The molecular weight excluding hydrogens is 612 g/mol. The molecule has 0 saturated carbocycles. The highest BCUT2D eigenvalue weighted by atomic mass is 16.6. The van der Waals surface area contributed by atoms with Gasteiger partial charge in [0, 0.05) is 12.4 Å². The summed E-state index contributed by atoms with van der Waals surface area (Å²) >= 11 is 0. The minimum Gasteiger partial charge on any atom is -0.491 e. The molecule has 2 fully saturated rings. The van der Waals surface area contributed by atoms with Crippen molar-refractivity contribution >= 4 is 35.7 Å². The summed E-state index contributed by atoms with van der Waals surface area (Å²) in [4.78, 5) is 33.8. The standard InChI is InChI=1S/C38H36N2O8/c41-37(29-7-11-31(12-8-29)39-21-27-3-15-33(16-4-27)45-23-35-25-47-35)43-19-1-2-20-44-38(42)30-9-13-32(14-10-30)40-22-28-5-17-34(18-6-28)46-24-36-26-48-36/h3-18,21-22,35-36H,1-2,19-20,23-26H2. The fourth-order valence-corrected chi connectivity index (χ4v) is 4.37. The average molecular weight is 649 g/mol. The Morgan fingerprint density at radius 1 is 0.583 bits per heavy atom. The summed E-state index contributed by atoms with van der Waals surface area (Å²) in [6.07, 6.45) is 5.07. The lowest BCUT2D eigenvalue weighted by Gasteiger charge is -2.07. The molecule has 246 valence electrons. The van der Waals surface area contributed by atoms with Crippen molar-refractivity contribution in [3.63, 3.8) is 0 Å². The molecule has 2 heterocycles. The van der Waals surface area contributed by atoms with Gasteiger partial charge in [-0.1, -0.05) is 0 Å². The molecule has 2 aliphatic heterocycles. The van der Waals surface area contributed by atoms with E-state index in [2.05, 4.69) is 9.98 Å². The number of rotatable bonds is 17. The monoisotopic (exact) mass is 648 g/mol. The highest BCUT2D eigenvalue weighted by Crippen LogP contribution is 2.19. The maximum absolute atomic E-state index is 12.4. The van der Waals surface area contributed by atoms with Crippen LogP contribution in [0.15, 0.2) is 107 Å². The molecule has 10 nitrogen and oxygen atoms in total. The Morgan fingerprint density at radius 3 is 1.31 bits per heavy atom. The second-order valence-corrected chi connectivity index (χ2v) is 11.3. The smallest absolute Gasteiger partial charge is 0.338 e. The normalized spacial score (nSPS) is 16.5. The molecule has 4 aromatic rings. The number of nitrogens with zero attached hydrogens (tertiary/aromatic N) is 2. The summed E-state index contributed by atoms with van der Waals surface area (Å²) < 4.78 is 32.3. The van der Waals surface area contributed by atoms with Crippen LogP contribution in [0.5, 0.6) is 11.5 Å². The van der Waals surface area contributed by atoms with Crippen molar-refractivity contribution in [1.29, 1.82) is 0 Å². The molecule has 0 radical (unpaired) electrons. The number of unbranched alkanes of at least 4 members (excludes halogenated alkanes) is 1. The summed E-state index contributed by atoms with van der Waals surface area (Å²) in [6, 6.07) is 29.1. The topological polar surface area (TPSA) is 121 Å². The minimum absolute atomic E-state index is 0.219. The van der Waals surface area contributed by atoms with Crippen LogP contribution in [-0.2, 0) is 18.9 Å². The molecule has 0 aliphatic carbocycles. The zero-order valence-electron chi connectivity index (χ0n) is 26.4. The molecule has 6 rings (SSSR count). The number of esters is 2.